The van der Waals surface area contributed by atoms with Crippen LogP contribution >= 0.6 is 15.9 Å². The second-order valence-electron chi connectivity index (χ2n) is 4.42. The van der Waals surface area contributed by atoms with Crippen LogP contribution in [0.5, 0.6) is 0 Å². The van der Waals surface area contributed by atoms with Crippen LogP contribution in [-0.4, -0.2) is 24.4 Å². The molecule has 2 N–H and O–H groups in total. The molecule has 1 aromatic rings. The van der Waals surface area contributed by atoms with E-state index in [2.05, 4.69) is 26.6 Å². The molecule has 0 saturated heterocycles. The maximum Gasteiger partial charge on any atom is 0.251 e. The van der Waals surface area contributed by atoms with Crippen molar-refractivity contribution in [1.29, 1.82) is 0 Å². The molecule has 2 amide bonds. The normalized spacial score (nSPS) is 10.3. The van der Waals surface area contributed by atoms with Crippen molar-refractivity contribution in [2.24, 2.45) is 0 Å². The SMILES string of the molecule is Cc1cc(Br)cc(C(=O)NCC(=O)NC(C)C)c1. The van der Waals surface area contributed by atoms with E-state index in [1.807, 2.05) is 26.8 Å². The summed E-state index contributed by atoms with van der Waals surface area (Å²) in [6, 6.07) is 5.49. The molecule has 0 aromatic heterocycles. The number of hydrogen-bond acceptors (Lipinski definition) is 2. The van der Waals surface area contributed by atoms with Gasteiger partial charge in [0.2, 0.25) is 5.91 Å². The van der Waals surface area contributed by atoms with Crippen LogP contribution in [0.2, 0.25) is 0 Å². The van der Waals surface area contributed by atoms with E-state index in [9.17, 15) is 9.59 Å². The molecule has 0 radical (unpaired) electrons. The zero-order valence-electron chi connectivity index (χ0n) is 10.7. The molecule has 0 heterocycles. The van der Waals surface area contributed by atoms with Crippen LogP contribution in [-0.2, 0) is 4.79 Å². The number of rotatable bonds is 4. The minimum atomic E-state index is -0.252. The Kier molecular flexibility index (Phi) is 5.34. The van der Waals surface area contributed by atoms with Crippen LogP contribution < -0.4 is 10.6 Å². The van der Waals surface area contributed by atoms with Gasteiger partial charge in [0, 0.05) is 16.1 Å². The van der Waals surface area contributed by atoms with E-state index in [1.165, 1.54) is 0 Å². The highest BCUT2D eigenvalue weighted by Crippen LogP contribution is 2.15. The average Bonchev–Trinajstić information content (AvgIpc) is 2.23. The highest BCUT2D eigenvalue weighted by molar-refractivity contribution is 9.10. The third-order valence-electron chi connectivity index (χ3n) is 2.16. The summed E-state index contributed by atoms with van der Waals surface area (Å²) >= 11 is 3.33. The quantitative estimate of drug-likeness (QED) is 0.893. The lowest BCUT2D eigenvalue weighted by Crippen LogP contribution is -2.39. The van der Waals surface area contributed by atoms with Crippen molar-refractivity contribution < 1.29 is 9.59 Å². The van der Waals surface area contributed by atoms with Crippen LogP contribution in [0.1, 0.15) is 29.8 Å². The second-order valence-corrected chi connectivity index (χ2v) is 5.34. The molecule has 1 aromatic carbocycles. The molecule has 0 spiro atoms. The lowest BCUT2D eigenvalue weighted by atomic mass is 10.1. The van der Waals surface area contributed by atoms with Crippen molar-refractivity contribution in [3.05, 3.63) is 33.8 Å². The number of halogens is 1. The van der Waals surface area contributed by atoms with Crippen LogP contribution in [0.3, 0.4) is 0 Å². The van der Waals surface area contributed by atoms with Crippen LogP contribution in [0.4, 0.5) is 0 Å². The van der Waals surface area contributed by atoms with E-state index in [1.54, 1.807) is 12.1 Å². The van der Waals surface area contributed by atoms with Gasteiger partial charge in [0.05, 0.1) is 6.54 Å². The van der Waals surface area contributed by atoms with Crippen LogP contribution in [0.25, 0.3) is 0 Å². The Morgan fingerprint density at radius 3 is 2.50 bits per heavy atom. The van der Waals surface area contributed by atoms with Crippen LogP contribution in [0, 0.1) is 6.92 Å². The first-order valence-corrected chi connectivity index (χ1v) is 6.52. The van der Waals surface area contributed by atoms with Crippen molar-refractivity contribution in [3.8, 4) is 0 Å². The van der Waals surface area contributed by atoms with E-state index in [-0.39, 0.29) is 24.4 Å². The van der Waals surface area contributed by atoms with Gasteiger partial charge >= 0.3 is 0 Å². The molecule has 0 aliphatic heterocycles. The van der Waals surface area contributed by atoms with Crippen molar-refractivity contribution in [2.45, 2.75) is 26.8 Å². The van der Waals surface area contributed by atoms with Crippen molar-refractivity contribution in [1.82, 2.24) is 10.6 Å². The third kappa shape index (κ3) is 4.87. The minimum Gasteiger partial charge on any atom is -0.352 e. The summed E-state index contributed by atoms with van der Waals surface area (Å²) in [7, 11) is 0. The lowest BCUT2D eigenvalue weighted by molar-refractivity contribution is -0.120. The number of amides is 2. The summed E-state index contributed by atoms with van der Waals surface area (Å²) < 4.78 is 0.847. The number of carbonyl (C=O) groups is 2. The highest BCUT2D eigenvalue weighted by Gasteiger charge is 2.09. The standard InChI is InChI=1S/C13H17BrN2O2/c1-8(2)16-12(17)7-15-13(18)10-4-9(3)5-11(14)6-10/h4-6,8H,7H2,1-3H3,(H,15,18)(H,16,17). The minimum absolute atomic E-state index is 0.0113. The van der Waals surface area contributed by atoms with Gasteiger partial charge in [0.25, 0.3) is 5.91 Å². The lowest BCUT2D eigenvalue weighted by Gasteiger charge is -2.09. The summed E-state index contributed by atoms with van der Waals surface area (Å²) in [6.45, 7) is 5.64. The van der Waals surface area contributed by atoms with Gasteiger partial charge in [-0.1, -0.05) is 15.9 Å². The molecule has 0 aliphatic carbocycles. The second kappa shape index (κ2) is 6.54. The van der Waals surface area contributed by atoms with Gasteiger partial charge in [-0.15, -0.1) is 0 Å². The van der Waals surface area contributed by atoms with Gasteiger partial charge in [-0.2, -0.15) is 0 Å². The first-order chi connectivity index (χ1) is 8.38. The Hall–Kier alpha value is -1.36. The molecular weight excluding hydrogens is 296 g/mol. The fourth-order valence-electron chi connectivity index (χ4n) is 1.50. The Balaban J connectivity index is 2.58. The van der Waals surface area contributed by atoms with E-state index in [0.29, 0.717) is 5.56 Å². The predicted molar refractivity (Wildman–Crippen MR) is 74.5 cm³/mol. The number of benzene rings is 1. The Morgan fingerprint density at radius 2 is 1.94 bits per heavy atom. The summed E-state index contributed by atoms with van der Waals surface area (Å²) in [4.78, 5) is 23.2. The summed E-state index contributed by atoms with van der Waals surface area (Å²) in [6.07, 6.45) is 0. The van der Waals surface area contributed by atoms with Crippen molar-refractivity contribution >= 4 is 27.7 Å². The fourth-order valence-corrected chi connectivity index (χ4v) is 2.11. The molecule has 0 fully saturated rings. The predicted octanol–water partition coefficient (Wildman–Crippen LogP) is 2.01. The molecule has 0 aliphatic rings. The van der Waals surface area contributed by atoms with E-state index in [0.717, 1.165) is 10.0 Å². The van der Waals surface area contributed by atoms with Gasteiger partial charge in [0.1, 0.15) is 0 Å². The Labute approximate surface area is 115 Å². The molecule has 5 heteroatoms. The largest absolute Gasteiger partial charge is 0.352 e. The Morgan fingerprint density at radius 1 is 1.28 bits per heavy atom. The highest BCUT2D eigenvalue weighted by atomic mass is 79.9. The molecule has 4 nitrogen and oxygen atoms in total. The fraction of sp³-hybridized carbons (Fsp3) is 0.385. The van der Waals surface area contributed by atoms with E-state index >= 15 is 0 Å². The summed E-state index contributed by atoms with van der Waals surface area (Å²) in [5.41, 5.74) is 1.53. The van der Waals surface area contributed by atoms with Gasteiger partial charge < -0.3 is 10.6 Å². The van der Waals surface area contributed by atoms with Gasteiger partial charge in [0.15, 0.2) is 0 Å². The number of nitrogens with one attached hydrogen (secondary N) is 2. The zero-order valence-corrected chi connectivity index (χ0v) is 12.3. The number of hydrogen-bond donors (Lipinski definition) is 2. The molecular formula is C13H17BrN2O2. The van der Waals surface area contributed by atoms with Gasteiger partial charge in [-0.3, -0.25) is 9.59 Å². The maximum absolute atomic E-state index is 11.8. The average molecular weight is 313 g/mol. The third-order valence-corrected chi connectivity index (χ3v) is 2.62. The molecule has 0 atom stereocenters. The van der Waals surface area contributed by atoms with E-state index < -0.39 is 0 Å². The van der Waals surface area contributed by atoms with Crippen molar-refractivity contribution in [3.63, 3.8) is 0 Å². The summed E-state index contributed by atoms with van der Waals surface area (Å²) in [5, 5.41) is 5.30. The molecule has 0 bridgehead atoms. The number of carbonyl (C=O) groups excluding carboxylic acids is 2. The molecule has 0 unspecified atom stereocenters. The van der Waals surface area contributed by atoms with Crippen LogP contribution in [0.15, 0.2) is 22.7 Å². The molecule has 18 heavy (non-hydrogen) atoms. The molecule has 0 saturated carbocycles. The number of aryl methyl sites for hydroxylation is 1. The smallest absolute Gasteiger partial charge is 0.251 e. The Bertz CT molecular complexity index is 438. The topological polar surface area (TPSA) is 58.2 Å². The first kappa shape index (κ1) is 14.7. The van der Waals surface area contributed by atoms with Crippen molar-refractivity contribution in [2.75, 3.05) is 6.54 Å². The molecule has 98 valence electrons. The zero-order chi connectivity index (χ0) is 13.7. The van der Waals surface area contributed by atoms with Gasteiger partial charge in [-0.05, 0) is 44.5 Å². The van der Waals surface area contributed by atoms with E-state index in [4.69, 9.17) is 0 Å². The summed E-state index contributed by atoms with van der Waals surface area (Å²) in [5.74, 6) is -0.441. The first-order valence-electron chi connectivity index (χ1n) is 5.73. The molecule has 1 rings (SSSR count). The van der Waals surface area contributed by atoms with Gasteiger partial charge in [-0.25, -0.2) is 0 Å². The maximum atomic E-state index is 11.8. The monoisotopic (exact) mass is 312 g/mol.